The van der Waals surface area contributed by atoms with E-state index in [4.69, 9.17) is 11.5 Å². The van der Waals surface area contributed by atoms with E-state index in [0.29, 0.717) is 12.1 Å². The van der Waals surface area contributed by atoms with Gasteiger partial charge in [-0.1, -0.05) is 32.0 Å². The molecule has 7 heteroatoms. The molecule has 136 valence electrons. The predicted octanol–water partition coefficient (Wildman–Crippen LogP) is 3.12. The highest BCUT2D eigenvalue weighted by atomic mass is 19.1. The summed E-state index contributed by atoms with van der Waals surface area (Å²) in [7, 11) is 0. The first kappa shape index (κ1) is 17.8. The number of hydrogen-bond donors (Lipinski definition) is 2. The van der Waals surface area contributed by atoms with E-state index in [1.807, 2.05) is 26.0 Å². The van der Waals surface area contributed by atoms with Crippen LogP contribution in [0.15, 0.2) is 41.4 Å². The summed E-state index contributed by atoms with van der Waals surface area (Å²) in [5, 5.41) is 0. The molecule has 0 saturated heterocycles. The number of hydrogen-bond acceptors (Lipinski definition) is 1. The Balaban J connectivity index is 2.13. The zero-order valence-corrected chi connectivity index (χ0v) is 14.6. The average Bonchev–Trinajstić information content (AvgIpc) is 2.53. The van der Waals surface area contributed by atoms with Crippen molar-refractivity contribution in [1.82, 2.24) is 4.90 Å². The Labute approximate surface area is 150 Å². The standard InChI is InChI=1S/C19H20F2N4O/c1-19(2)10-25(18(26)24-17(22)23)9-14-12(4-3-5-15(14)19)13-7-6-11(20)8-16(13)21/h3-8H,9-10H2,1-2H3,(H4,22,23,24,26). The van der Waals surface area contributed by atoms with E-state index in [-0.39, 0.29) is 23.5 Å². The molecule has 0 bridgehead atoms. The Morgan fingerprint density at radius 1 is 1.15 bits per heavy atom. The summed E-state index contributed by atoms with van der Waals surface area (Å²) in [5.74, 6) is -1.60. The fourth-order valence-corrected chi connectivity index (χ4v) is 3.48. The maximum absolute atomic E-state index is 14.4. The predicted molar refractivity (Wildman–Crippen MR) is 96.4 cm³/mol. The molecular weight excluding hydrogens is 338 g/mol. The highest BCUT2D eigenvalue weighted by molar-refractivity contribution is 5.91. The van der Waals surface area contributed by atoms with Gasteiger partial charge >= 0.3 is 6.03 Å². The van der Waals surface area contributed by atoms with Crippen molar-refractivity contribution in [2.24, 2.45) is 16.5 Å². The number of carbonyl (C=O) groups excluding carboxylic acids is 1. The molecule has 2 amide bonds. The SMILES string of the molecule is CC1(C)CN(C(=O)N=C(N)N)Cc2c(-c3ccc(F)cc3F)cccc21. The summed E-state index contributed by atoms with van der Waals surface area (Å²) < 4.78 is 27.6. The van der Waals surface area contributed by atoms with Crippen molar-refractivity contribution in [2.75, 3.05) is 6.54 Å². The normalized spacial score (nSPS) is 15.3. The van der Waals surface area contributed by atoms with Crippen LogP contribution in [0.3, 0.4) is 0 Å². The van der Waals surface area contributed by atoms with Crippen molar-refractivity contribution in [3.63, 3.8) is 0 Å². The molecule has 0 atom stereocenters. The molecule has 0 spiro atoms. The first-order valence-corrected chi connectivity index (χ1v) is 8.15. The van der Waals surface area contributed by atoms with Crippen LogP contribution in [0.1, 0.15) is 25.0 Å². The summed E-state index contributed by atoms with van der Waals surface area (Å²) in [6, 6.07) is 8.50. The van der Waals surface area contributed by atoms with Crippen molar-refractivity contribution >= 4 is 12.0 Å². The van der Waals surface area contributed by atoms with Crippen molar-refractivity contribution in [3.8, 4) is 11.1 Å². The second-order valence-electron chi connectivity index (χ2n) is 7.02. The number of rotatable bonds is 1. The second-order valence-corrected chi connectivity index (χ2v) is 7.02. The summed E-state index contributed by atoms with van der Waals surface area (Å²) in [4.78, 5) is 17.4. The van der Waals surface area contributed by atoms with E-state index in [9.17, 15) is 13.6 Å². The van der Waals surface area contributed by atoms with E-state index in [0.717, 1.165) is 17.2 Å². The van der Waals surface area contributed by atoms with Gasteiger partial charge in [-0.25, -0.2) is 13.6 Å². The Morgan fingerprint density at radius 2 is 1.88 bits per heavy atom. The number of nitrogens with two attached hydrogens (primary N) is 2. The van der Waals surface area contributed by atoms with Crippen molar-refractivity contribution in [3.05, 3.63) is 59.2 Å². The van der Waals surface area contributed by atoms with Crippen molar-refractivity contribution < 1.29 is 13.6 Å². The Kier molecular flexibility index (Phi) is 4.39. The van der Waals surface area contributed by atoms with Gasteiger partial charge in [0.2, 0.25) is 0 Å². The number of benzene rings is 2. The number of aliphatic imine (C=N–C) groups is 1. The minimum absolute atomic E-state index is 0.237. The van der Waals surface area contributed by atoms with Crippen molar-refractivity contribution in [1.29, 1.82) is 0 Å². The first-order chi connectivity index (χ1) is 12.2. The van der Waals surface area contributed by atoms with Gasteiger partial charge in [0, 0.05) is 30.1 Å². The topological polar surface area (TPSA) is 84.7 Å². The van der Waals surface area contributed by atoms with Gasteiger partial charge in [-0.3, -0.25) is 0 Å². The molecule has 0 aliphatic carbocycles. The number of fused-ring (bicyclic) bond motifs is 1. The first-order valence-electron chi connectivity index (χ1n) is 8.15. The molecule has 0 fully saturated rings. The van der Waals surface area contributed by atoms with Gasteiger partial charge in [-0.15, -0.1) is 0 Å². The van der Waals surface area contributed by atoms with Crippen molar-refractivity contribution in [2.45, 2.75) is 25.8 Å². The summed E-state index contributed by atoms with van der Waals surface area (Å²) in [5.41, 5.74) is 13.0. The molecule has 0 radical (unpaired) electrons. The maximum atomic E-state index is 14.4. The lowest BCUT2D eigenvalue weighted by atomic mass is 9.76. The van der Waals surface area contributed by atoms with Gasteiger partial charge in [0.1, 0.15) is 11.6 Å². The average molecular weight is 358 g/mol. The molecule has 1 aliphatic rings. The zero-order valence-electron chi connectivity index (χ0n) is 14.6. The number of nitrogens with zero attached hydrogens (tertiary/aromatic N) is 2. The van der Waals surface area contributed by atoms with Crippen LogP contribution < -0.4 is 11.5 Å². The van der Waals surface area contributed by atoms with E-state index in [2.05, 4.69) is 4.99 Å². The van der Waals surface area contributed by atoms with Crippen LogP contribution in [0.5, 0.6) is 0 Å². The molecule has 0 aromatic heterocycles. The third-order valence-corrected chi connectivity index (χ3v) is 4.56. The number of carbonyl (C=O) groups is 1. The molecule has 1 aliphatic heterocycles. The maximum Gasteiger partial charge on any atom is 0.347 e. The molecule has 3 rings (SSSR count). The molecule has 0 saturated carbocycles. The lowest BCUT2D eigenvalue weighted by Crippen LogP contribution is -2.45. The summed E-state index contributed by atoms with van der Waals surface area (Å²) in [6.45, 7) is 4.64. The largest absolute Gasteiger partial charge is 0.370 e. The van der Waals surface area contributed by atoms with Crippen LogP contribution in [0.25, 0.3) is 11.1 Å². The molecule has 26 heavy (non-hydrogen) atoms. The zero-order chi connectivity index (χ0) is 19.1. The minimum Gasteiger partial charge on any atom is -0.370 e. The number of amides is 2. The van der Waals surface area contributed by atoms with Gasteiger partial charge in [-0.05, 0) is 28.8 Å². The second kappa shape index (κ2) is 6.40. The highest BCUT2D eigenvalue weighted by Gasteiger charge is 2.35. The number of guanidine groups is 1. The van der Waals surface area contributed by atoms with Gasteiger partial charge in [-0.2, -0.15) is 4.99 Å². The van der Waals surface area contributed by atoms with Crippen LogP contribution in [0.4, 0.5) is 13.6 Å². The Morgan fingerprint density at radius 3 is 2.54 bits per heavy atom. The van der Waals surface area contributed by atoms with Crippen LogP contribution >= 0.6 is 0 Å². The fourth-order valence-electron chi connectivity index (χ4n) is 3.48. The minimum atomic E-state index is -0.649. The molecule has 2 aromatic rings. The van der Waals surface area contributed by atoms with Crippen LogP contribution in [-0.2, 0) is 12.0 Å². The lowest BCUT2D eigenvalue weighted by Gasteiger charge is -2.40. The fraction of sp³-hybridized carbons (Fsp3) is 0.263. The van der Waals surface area contributed by atoms with Gasteiger partial charge in [0.05, 0.1) is 0 Å². The lowest BCUT2D eigenvalue weighted by molar-refractivity contribution is 0.183. The Hall–Kier alpha value is -2.96. The van der Waals surface area contributed by atoms with Crippen LogP contribution in [0, 0.1) is 11.6 Å². The van der Waals surface area contributed by atoms with Crippen LogP contribution in [0.2, 0.25) is 0 Å². The third-order valence-electron chi connectivity index (χ3n) is 4.56. The van der Waals surface area contributed by atoms with Gasteiger partial charge in [0.25, 0.3) is 0 Å². The smallest absolute Gasteiger partial charge is 0.347 e. The quantitative estimate of drug-likeness (QED) is 0.607. The van der Waals surface area contributed by atoms with Gasteiger partial charge < -0.3 is 16.4 Å². The van der Waals surface area contributed by atoms with E-state index >= 15 is 0 Å². The summed E-state index contributed by atoms with van der Waals surface area (Å²) in [6.07, 6.45) is 0. The third kappa shape index (κ3) is 3.24. The number of urea groups is 1. The monoisotopic (exact) mass is 358 g/mol. The van der Waals surface area contributed by atoms with E-state index in [1.165, 1.54) is 17.0 Å². The molecular formula is C19H20F2N4O. The summed E-state index contributed by atoms with van der Waals surface area (Å²) >= 11 is 0. The molecule has 0 unspecified atom stereocenters. The van der Waals surface area contributed by atoms with E-state index < -0.39 is 17.7 Å². The Bertz CT molecular complexity index is 904. The van der Waals surface area contributed by atoms with Crippen LogP contribution in [-0.4, -0.2) is 23.4 Å². The molecule has 2 aromatic carbocycles. The van der Waals surface area contributed by atoms with E-state index in [1.54, 1.807) is 6.07 Å². The molecule has 5 nitrogen and oxygen atoms in total. The number of halogens is 2. The highest BCUT2D eigenvalue weighted by Crippen LogP contribution is 2.39. The molecule has 4 N–H and O–H groups in total. The van der Waals surface area contributed by atoms with Gasteiger partial charge in [0.15, 0.2) is 5.96 Å². The molecule has 1 heterocycles.